The minimum Gasteiger partial charge on any atom is -0.382 e. The van der Waals surface area contributed by atoms with Crippen molar-refractivity contribution in [1.29, 1.82) is 0 Å². The van der Waals surface area contributed by atoms with Gasteiger partial charge in [0.15, 0.2) is 0 Å². The highest BCUT2D eigenvalue weighted by atomic mass is 35.5. The Morgan fingerprint density at radius 1 is 1.50 bits per heavy atom. The first-order valence-corrected chi connectivity index (χ1v) is 4.94. The molecule has 1 rings (SSSR count). The second-order valence-corrected chi connectivity index (χ2v) is 3.21. The third kappa shape index (κ3) is 5.01. The van der Waals surface area contributed by atoms with Crippen LogP contribution in [0.3, 0.4) is 0 Å². The number of carbonyl (C=O) groups excluding carboxylic acids is 1. The van der Waals surface area contributed by atoms with Gasteiger partial charge < -0.3 is 14.8 Å². The molecule has 0 aliphatic rings. The number of hydrogen-bond donors (Lipinski definition) is 1. The summed E-state index contributed by atoms with van der Waals surface area (Å²) in [6.07, 6.45) is 1.27. The Bertz CT molecular complexity index is 349. The first-order valence-electron chi connectivity index (χ1n) is 4.56. The van der Waals surface area contributed by atoms with Crippen LogP contribution in [-0.2, 0) is 14.3 Å². The predicted octanol–water partition coefficient (Wildman–Crippen LogP) is 0.731. The quantitative estimate of drug-likeness (QED) is 0.591. The van der Waals surface area contributed by atoms with Crippen LogP contribution in [0.1, 0.15) is 0 Å². The van der Waals surface area contributed by atoms with Crippen molar-refractivity contribution in [3.8, 4) is 0 Å². The summed E-state index contributed by atoms with van der Waals surface area (Å²) < 4.78 is 9.79. The summed E-state index contributed by atoms with van der Waals surface area (Å²) in [4.78, 5) is 18.8. The first-order chi connectivity index (χ1) is 7.72. The number of halogens is 1. The Morgan fingerprint density at radius 3 is 3.00 bits per heavy atom. The summed E-state index contributed by atoms with van der Waals surface area (Å²) in [5, 5.41) is 2.79. The van der Waals surface area contributed by atoms with Gasteiger partial charge in [0.1, 0.15) is 23.9 Å². The van der Waals surface area contributed by atoms with Crippen LogP contribution in [0.4, 0.5) is 5.82 Å². The number of ether oxygens (including phenoxy) is 2. The van der Waals surface area contributed by atoms with Crippen molar-refractivity contribution in [3.05, 3.63) is 17.5 Å². The topological polar surface area (TPSA) is 73.3 Å². The fourth-order valence-electron chi connectivity index (χ4n) is 0.888. The molecule has 0 aliphatic carbocycles. The van der Waals surface area contributed by atoms with Crippen molar-refractivity contribution in [3.63, 3.8) is 0 Å². The van der Waals surface area contributed by atoms with Gasteiger partial charge in [-0.3, -0.25) is 4.79 Å². The number of rotatable bonds is 6. The predicted molar refractivity (Wildman–Crippen MR) is 58.4 cm³/mol. The molecule has 0 saturated heterocycles. The minimum atomic E-state index is -0.300. The van der Waals surface area contributed by atoms with Gasteiger partial charge in [0.2, 0.25) is 0 Å². The molecule has 1 aromatic rings. The zero-order valence-corrected chi connectivity index (χ0v) is 9.53. The molecule has 7 heteroatoms. The highest BCUT2D eigenvalue weighted by Crippen LogP contribution is 2.07. The van der Waals surface area contributed by atoms with Crippen LogP contribution in [0.2, 0.25) is 5.15 Å². The van der Waals surface area contributed by atoms with Gasteiger partial charge in [0.25, 0.3) is 5.91 Å². The molecule has 1 aromatic heterocycles. The lowest BCUT2D eigenvalue weighted by Gasteiger charge is -2.04. The molecule has 0 spiro atoms. The SMILES string of the molecule is COCCOCC(=O)Nc1cc(Cl)ncn1. The average molecular weight is 246 g/mol. The fourth-order valence-corrected chi connectivity index (χ4v) is 1.03. The van der Waals surface area contributed by atoms with Crippen molar-refractivity contribution in [2.45, 2.75) is 0 Å². The van der Waals surface area contributed by atoms with Gasteiger partial charge in [-0.2, -0.15) is 0 Å². The Hall–Kier alpha value is -1.24. The third-order valence-corrected chi connectivity index (χ3v) is 1.77. The van der Waals surface area contributed by atoms with E-state index in [0.29, 0.717) is 19.0 Å². The molecule has 0 atom stereocenters. The number of amides is 1. The highest BCUT2D eigenvalue weighted by molar-refractivity contribution is 6.29. The normalized spacial score (nSPS) is 10.1. The average Bonchev–Trinajstić information content (AvgIpc) is 2.24. The maximum atomic E-state index is 11.3. The standard InChI is InChI=1S/C9H12ClN3O3/c1-15-2-3-16-5-9(14)13-8-4-7(10)11-6-12-8/h4,6H,2-3,5H2,1H3,(H,11,12,13,14). The maximum absolute atomic E-state index is 11.3. The lowest BCUT2D eigenvalue weighted by molar-refractivity contribution is -0.121. The van der Waals surface area contributed by atoms with Crippen LogP contribution in [0.25, 0.3) is 0 Å². The summed E-state index contributed by atoms with van der Waals surface area (Å²) in [5.41, 5.74) is 0. The Balaban J connectivity index is 2.29. The molecule has 0 saturated carbocycles. The smallest absolute Gasteiger partial charge is 0.251 e. The molecule has 6 nitrogen and oxygen atoms in total. The molecular formula is C9H12ClN3O3. The van der Waals surface area contributed by atoms with Crippen molar-refractivity contribution < 1.29 is 14.3 Å². The summed E-state index contributed by atoms with van der Waals surface area (Å²) in [6, 6.07) is 1.45. The van der Waals surface area contributed by atoms with E-state index in [-0.39, 0.29) is 17.7 Å². The molecule has 0 radical (unpaired) electrons. The van der Waals surface area contributed by atoms with E-state index in [1.54, 1.807) is 7.11 Å². The van der Waals surface area contributed by atoms with Gasteiger partial charge in [-0.05, 0) is 0 Å². The van der Waals surface area contributed by atoms with E-state index < -0.39 is 0 Å². The zero-order valence-electron chi connectivity index (χ0n) is 8.77. The largest absolute Gasteiger partial charge is 0.382 e. The fraction of sp³-hybridized carbons (Fsp3) is 0.444. The van der Waals surface area contributed by atoms with Crippen LogP contribution in [0.15, 0.2) is 12.4 Å². The van der Waals surface area contributed by atoms with Crippen LogP contribution < -0.4 is 5.32 Å². The van der Waals surface area contributed by atoms with Gasteiger partial charge in [-0.25, -0.2) is 9.97 Å². The first kappa shape index (κ1) is 12.8. The van der Waals surface area contributed by atoms with E-state index in [2.05, 4.69) is 15.3 Å². The number of carbonyl (C=O) groups is 1. The van der Waals surface area contributed by atoms with E-state index in [9.17, 15) is 4.79 Å². The number of aromatic nitrogens is 2. The molecule has 16 heavy (non-hydrogen) atoms. The molecule has 0 fully saturated rings. The summed E-state index contributed by atoms with van der Waals surface area (Å²) in [7, 11) is 1.56. The number of nitrogens with one attached hydrogen (secondary N) is 1. The molecule has 0 aromatic carbocycles. The van der Waals surface area contributed by atoms with Crippen molar-refractivity contribution in [2.75, 3.05) is 32.2 Å². The number of methoxy groups -OCH3 is 1. The molecule has 1 N–H and O–H groups in total. The number of nitrogens with zero attached hydrogens (tertiary/aromatic N) is 2. The van der Waals surface area contributed by atoms with Gasteiger partial charge in [-0.15, -0.1) is 0 Å². The molecule has 0 bridgehead atoms. The summed E-state index contributed by atoms with van der Waals surface area (Å²) in [6.45, 7) is 0.770. The van der Waals surface area contributed by atoms with Crippen LogP contribution in [0.5, 0.6) is 0 Å². The van der Waals surface area contributed by atoms with E-state index in [0.717, 1.165) is 0 Å². The van der Waals surface area contributed by atoms with Crippen LogP contribution in [0, 0.1) is 0 Å². The van der Waals surface area contributed by atoms with E-state index in [1.165, 1.54) is 12.4 Å². The van der Waals surface area contributed by atoms with E-state index >= 15 is 0 Å². The summed E-state index contributed by atoms with van der Waals surface area (Å²) >= 11 is 5.62. The van der Waals surface area contributed by atoms with E-state index in [1.807, 2.05) is 0 Å². The third-order valence-electron chi connectivity index (χ3n) is 1.57. The minimum absolute atomic E-state index is 0.0506. The summed E-state index contributed by atoms with van der Waals surface area (Å²) in [5.74, 6) is 0.0474. The van der Waals surface area contributed by atoms with Crippen molar-refractivity contribution in [2.24, 2.45) is 0 Å². The number of anilines is 1. The van der Waals surface area contributed by atoms with Crippen LogP contribution in [-0.4, -0.2) is 42.8 Å². The molecule has 0 unspecified atom stereocenters. The van der Waals surface area contributed by atoms with Crippen LogP contribution >= 0.6 is 11.6 Å². The second-order valence-electron chi connectivity index (χ2n) is 2.82. The molecule has 1 heterocycles. The van der Waals surface area contributed by atoms with Gasteiger partial charge in [0.05, 0.1) is 13.2 Å². The van der Waals surface area contributed by atoms with Gasteiger partial charge >= 0.3 is 0 Å². The molecular weight excluding hydrogens is 234 g/mol. The second kappa shape index (κ2) is 7.10. The maximum Gasteiger partial charge on any atom is 0.251 e. The Labute approximate surface area is 97.9 Å². The van der Waals surface area contributed by atoms with Gasteiger partial charge in [0, 0.05) is 13.2 Å². The molecule has 1 amide bonds. The lowest BCUT2D eigenvalue weighted by atomic mass is 10.5. The Morgan fingerprint density at radius 2 is 2.31 bits per heavy atom. The lowest BCUT2D eigenvalue weighted by Crippen LogP contribution is -2.20. The van der Waals surface area contributed by atoms with Gasteiger partial charge in [-0.1, -0.05) is 11.6 Å². The van der Waals surface area contributed by atoms with E-state index in [4.69, 9.17) is 21.1 Å². The van der Waals surface area contributed by atoms with Crippen molar-refractivity contribution in [1.82, 2.24) is 9.97 Å². The number of hydrogen-bond acceptors (Lipinski definition) is 5. The molecule has 88 valence electrons. The zero-order chi connectivity index (χ0) is 11.8. The molecule has 0 aliphatic heterocycles. The highest BCUT2D eigenvalue weighted by Gasteiger charge is 2.03. The monoisotopic (exact) mass is 245 g/mol. The Kier molecular flexibility index (Phi) is 5.69. The van der Waals surface area contributed by atoms with Crippen molar-refractivity contribution >= 4 is 23.3 Å².